The van der Waals surface area contributed by atoms with Gasteiger partial charge in [-0.1, -0.05) is 19.9 Å². The number of rotatable bonds is 2. The van der Waals surface area contributed by atoms with Crippen molar-refractivity contribution in [1.29, 1.82) is 0 Å². The number of nitrogens with zero attached hydrogens (tertiary/aromatic N) is 1. The van der Waals surface area contributed by atoms with Gasteiger partial charge in [-0.3, -0.25) is 0 Å². The quantitative estimate of drug-likeness (QED) is 0.716. The molecule has 0 unspecified atom stereocenters. The van der Waals surface area contributed by atoms with Gasteiger partial charge in [-0.2, -0.15) is 0 Å². The molecular formula is C13H17NO2. The number of hydrogen-bond acceptors (Lipinski definition) is 2. The van der Waals surface area contributed by atoms with E-state index < -0.39 is 0 Å². The molecule has 0 N–H and O–H groups in total. The average molecular weight is 219 g/mol. The van der Waals surface area contributed by atoms with Gasteiger partial charge in [0.1, 0.15) is 5.75 Å². The molecule has 1 saturated heterocycles. The van der Waals surface area contributed by atoms with Gasteiger partial charge in [-0.05, 0) is 36.1 Å². The van der Waals surface area contributed by atoms with Crippen molar-refractivity contribution >= 4 is 6.09 Å². The molecule has 1 aromatic rings. The molecule has 0 atom stereocenters. The van der Waals surface area contributed by atoms with Crippen LogP contribution in [0.2, 0.25) is 0 Å². The van der Waals surface area contributed by atoms with E-state index in [1.807, 2.05) is 19.1 Å². The molecule has 16 heavy (non-hydrogen) atoms. The fourth-order valence-corrected chi connectivity index (χ4v) is 1.57. The molecule has 3 nitrogen and oxygen atoms in total. The molecule has 1 aromatic carbocycles. The van der Waals surface area contributed by atoms with Gasteiger partial charge in [0, 0.05) is 13.1 Å². The summed E-state index contributed by atoms with van der Waals surface area (Å²) < 4.78 is 5.30. The molecule has 0 spiro atoms. The van der Waals surface area contributed by atoms with Gasteiger partial charge >= 0.3 is 6.09 Å². The van der Waals surface area contributed by atoms with E-state index in [9.17, 15) is 4.79 Å². The topological polar surface area (TPSA) is 29.3 Å². The van der Waals surface area contributed by atoms with Gasteiger partial charge in [-0.25, -0.2) is 4.79 Å². The van der Waals surface area contributed by atoms with Crippen LogP contribution in [0.1, 0.15) is 30.9 Å². The molecule has 2 rings (SSSR count). The van der Waals surface area contributed by atoms with Crippen molar-refractivity contribution in [3.63, 3.8) is 0 Å². The van der Waals surface area contributed by atoms with E-state index in [1.54, 1.807) is 4.90 Å². The van der Waals surface area contributed by atoms with Crippen molar-refractivity contribution in [2.45, 2.75) is 26.7 Å². The summed E-state index contributed by atoms with van der Waals surface area (Å²) in [4.78, 5) is 13.1. The highest BCUT2D eigenvalue weighted by Gasteiger charge is 2.26. The molecule has 0 aliphatic carbocycles. The van der Waals surface area contributed by atoms with E-state index in [1.165, 1.54) is 5.56 Å². The molecule has 0 saturated carbocycles. The Labute approximate surface area is 96.0 Å². The third-order valence-electron chi connectivity index (χ3n) is 2.65. The number of hydrogen-bond donors (Lipinski definition) is 0. The molecule has 1 amide bonds. The van der Waals surface area contributed by atoms with Crippen LogP contribution in [0.15, 0.2) is 18.2 Å². The van der Waals surface area contributed by atoms with Gasteiger partial charge in [0.05, 0.1) is 0 Å². The van der Waals surface area contributed by atoms with Crippen molar-refractivity contribution in [1.82, 2.24) is 4.90 Å². The predicted octanol–water partition coefficient (Wildman–Crippen LogP) is 2.93. The maximum atomic E-state index is 11.5. The summed E-state index contributed by atoms with van der Waals surface area (Å²) in [5.74, 6) is 1.10. The molecule has 0 bridgehead atoms. The predicted molar refractivity (Wildman–Crippen MR) is 62.9 cm³/mol. The highest BCUT2D eigenvalue weighted by atomic mass is 16.6. The van der Waals surface area contributed by atoms with Crippen LogP contribution in [0.5, 0.6) is 5.75 Å². The first kappa shape index (κ1) is 11.0. The second kappa shape index (κ2) is 4.16. The van der Waals surface area contributed by atoms with Crippen molar-refractivity contribution in [3.05, 3.63) is 29.3 Å². The normalized spacial score (nSPS) is 14.1. The lowest BCUT2D eigenvalue weighted by molar-refractivity contribution is 0.186. The zero-order valence-corrected chi connectivity index (χ0v) is 9.99. The van der Waals surface area contributed by atoms with Crippen LogP contribution in [0, 0.1) is 6.92 Å². The van der Waals surface area contributed by atoms with Crippen molar-refractivity contribution < 1.29 is 9.53 Å². The molecule has 86 valence electrons. The molecule has 1 aliphatic heterocycles. The Morgan fingerprint density at radius 2 is 2.00 bits per heavy atom. The fraction of sp³-hybridized carbons (Fsp3) is 0.462. The lowest BCUT2D eigenvalue weighted by Gasteiger charge is -2.10. The highest BCUT2D eigenvalue weighted by Crippen LogP contribution is 2.23. The van der Waals surface area contributed by atoms with E-state index in [4.69, 9.17) is 4.74 Å². The summed E-state index contributed by atoms with van der Waals surface area (Å²) in [6.45, 7) is 7.92. The fourth-order valence-electron chi connectivity index (χ4n) is 1.57. The molecule has 3 heteroatoms. The molecule has 0 aromatic heterocycles. The van der Waals surface area contributed by atoms with Crippen LogP contribution in [0.4, 0.5) is 4.79 Å². The van der Waals surface area contributed by atoms with E-state index in [-0.39, 0.29) is 6.09 Å². The number of carbonyl (C=O) groups is 1. The molecule has 0 radical (unpaired) electrons. The molecular weight excluding hydrogens is 202 g/mol. The van der Waals surface area contributed by atoms with Gasteiger partial charge < -0.3 is 9.64 Å². The number of benzene rings is 1. The third-order valence-corrected chi connectivity index (χ3v) is 2.65. The van der Waals surface area contributed by atoms with Crippen LogP contribution in [0.3, 0.4) is 0 Å². The van der Waals surface area contributed by atoms with Gasteiger partial charge in [-0.15, -0.1) is 0 Å². The SMILES string of the molecule is Cc1cc(OC(=O)N2CC2)cc(C(C)C)c1. The van der Waals surface area contributed by atoms with Gasteiger partial charge in [0.15, 0.2) is 0 Å². The minimum absolute atomic E-state index is 0.236. The largest absolute Gasteiger partial charge is 0.415 e. The first-order valence-corrected chi connectivity index (χ1v) is 5.64. The van der Waals surface area contributed by atoms with E-state index in [0.29, 0.717) is 11.7 Å². The smallest absolute Gasteiger partial charge is 0.410 e. The van der Waals surface area contributed by atoms with Gasteiger partial charge in [0.2, 0.25) is 0 Å². The lowest BCUT2D eigenvalue weighted by Crippen LogP contribution is -2.15. The number of amides is 1. The van der Waals surface area contributed by atoms with E-state index in [2.05, 4.69) is 19.9 Å². The summed E-state index contributed by atoms with van der Waals surface area (Å²) >= 11 is 0. The number of carbonyl (C=O) groups excluding carboxylic acids is 1. The Kier molecular flexibility index (Phi) is 2.86. The Morgan fingerprint density at radius 3 is 2.56 bits per heavy atom. The minimum Gasteiger partial charge on any atom is -0.410 e. The summed E-state index contributed by atoms with van der Waals surface area (Å²) in [6.07, 6.45) is -0.236. The summed E-state index contributed by atoms with van der Waals surface area (Å²) in [5.41, 5.74) is 2.33. The van der Waals surface area contributed by atoms with E-state index in [0.717, 1.165) is 18.7 Å². The van der Waals surface area contributed by atoms with Crippen molar-refractivity contribution in [3.8, 4) is 5.75 Å². The number of ether oxygens (including phenoxy) is 1. The molecule has 1 aliphatic rings. The van der Waals surface area contributed by atoms with Crippen molar-refractivity contribution in [2.24, 2.45) is 0 Å². The van der Waals surface area contributed by atoms with Crippen LogP contribution < -0.4 is 4.74 Å². The second-order valence-electron chi connectivity index (χ2n) is 4.59. The van der Waals surface area contributed by atoms with Crippen LogP contribution in [-0.2, 0) is 0 Å². The maximum absolute atomic E-state index is 11.5. The minimum atomic E-state index is -0.236. The van der Waals surface area contributed by atoms with Gasteiger partial charge in [0.25, 0.3) is 0 Å². The number of aryl methyl sites for hydroxylation is 1. The summed E-state index contributed by atoms with van der Waals surface area (Å²) in [6, 6.07) is 5.96. The van der Waals surface area contributed by atoms with Crippen LogP contribution in [0.25, 0.3) is 0 Å². The Hall–Kier alpha value is -1.51. The Balaban J connectivity index is 2.16. The highest BCUT2D eigenvalue weighted by molar-refractivity contribution is 5.73. The lowest BCUT2D eigenvalue weighted by atomic mass is 10.0. The first-order valence-electron chi connectivity index (χ1n) is 5.64. The Morgan fingerprint density at radius 1 is 1.31 bits per heavy atom. The second-order valence-corrected chi connectivity index (χ2v) is 4.59. The van der Waals surface area contributed by atoms with Crippen LogP contribution in [-0.4, -0.2) is 24.1 Å². The Bertz CT molecular complexity index is 408. The zero-order valence-electron chi connectivity index (χ0n) is 9.99. The van der Waals surface area contributed by atoms with Crippen LogP contribution >= 0.6 is 0 Å². The molecule has 1 fully saturated rings. The summed E-state index contributed by atoms with van der Waals surface area (Å²) in [7, 11) is 0. The van der Waals surface area contributed by atoms with E-state index >= 15 is 0 Å². The average Bonchev–Trinajstić information content (AvgIpc) is 2.99. The third kappa shape index (κ3) is 2.54. The standard InChI is InChI=1S/C13H17NO2/c1-9(2)11-6-10(3)7-12(8-11)16-13(15)14-4-5-14/h6-9H,4-5H2,1-3H3. The van der Waals surface area contributed by atoms with Crippen molar-refractivity contribution in [2.75, 3.05) is 13.1 Å². The first-order chi connectivity index (χ1) is 7.56. The molecule has 1 heterocycles. The maximum Gasteiger partial charge on any atom is 0.415 e. The monoisotopic (exact) mass is 219 g/mol. The zero-order chi connectivity index (χ0) is 11.7. The summed E-state index contributed by atoms with van der Waals surface area (Å²) in [5, 5.41) is 0.